The molecule has 13 heavy (non-hydrogen) atoms. The van der Waals surface area contributed by atoms with E-state index in [-0.39, 0.29) is 17.4 Å². The second-order valence-corrected chi connectivity index (χ2v) is 6.73. The van der Waals surface area contributed by atoms with Crippen molar-refractivity contribution in [1.29, 1.82) is 0 Å². The van der Waals surface area contributed by atoms with Crippen molar-refractivity contribution in [2.24, 2.45) is 5.92 Å². The molecule has 2 unspecified atom stereocenters. The van der Waals surface area contributed by atoms with Crippen molar-refractivity contribution < 1.29 is 13.5 Å². The molecule has 3 nitrogen and oxygen atoms in total. The van der Waals surface area contributed by atoms with Crippen LogP contribution in [0.15, 0.2) is 0 Å². The predicted octanol–water partition coefficient (Wildman–Crippen LogP) is 0.535. The van der Waals surface area contributed by atoms with Crippen LogP contribution in [0.1, 0.15) is 12.8 Å². The number of hydrogen-bond acceptors (Lipinski definition) is 4. The molecule has 0 spiro atoms. The summed E-state index contributed by atoms with van der Waals surface area (Å²) in [5.74, 6) is 1.32. The zero-order chi connectivity index (χ0) is 9.90. The molecule has 1 saturated heterocycles. The third-order valence-corrected chi connectivity index (χ3v) is 4.87. The smallest absolute Gasteiger partial charge is 0.150 e. The van der Waals surface area contributed by atoms with Crippen LogP contribution < -0.4 is 0 Å². The van der Waals surface area contributed by atoms with E-state index in [0.717, 1.165) is 5.75 Å². The van der Waals surface area contributed by atoms with Gasteiger partial charge in [-0.25, -0.2) is 8.42 Å². The number of aliphatic hydroxyl groups excluding tert-OH is 1. The summed E-state index contributed by atoms with van der Waals surface area (Å²) in [6, 6.07) is 0. The van der Waals surface area contributed by atoms with Crippen molar-refractivity contribution in [3.8, 4) is 0 Å². The molecule has 0 radical (unpaired) electrons. The van der Waals surface area contributed by atoms with Crippen molar-refractivity contribution in [2.45, 2.75) is 18.9 Å². The molecule has 78 valence electrons. The Hall–Kier alpha value is 0.260. The lowest BCUT2D eigenvalue weighted by molar-refractivity contribution is 0.117. The maximum Gasteiger partial charge on any atom is 0.150 e. The Morgan fingerprint density at radius 1 is 1.62 bits per heavy atom. The van der Waals surface area contributed by atoms with E-state index in [4.69, 9.17) is 0 Å². The minimum Gasteiger partial charge on any atom is -0.393 e. The van der Waals surface area contributed by atoms with E-state index < -0.39 is 15.9 Å². The predicted molar refractivity (Wildman–Crippen MR) is 55.8 cm³/mol. The molecule has 0 aromatic rings. The van der Waals surface area contributed by atoms with Crippen LogP contribution >= 0.6 is 11.8 Å². The molecule has 1 heterocycles. The second kappa shape index (κ2) is 4.66. The first kappa shape index (κ1) is 11.3. The van der Waals surface area contributed by atoms with Crippen LogP contribution in [0, 0.1) is 5.92 Å². The van der Waals surface area contributed by atoms with E-state index in [2.05, 4.69) is 0 Å². The molecular weight excluding hydrogens is 208 g/mol. The lowest BCUT2D eigenvalue weighted by Crippen LogP contribution is -2.22. The highest BCUT2D eigenvalue weighted by atomic mass is 32.2. The Bertz CT molecular complexity index is 248. The molecule has 0 aliphatic carbocycles. The highest BCUT2D eigenvalue weighted by Gasteiger charge is 2.32. The largest absolute Gasteiger partial charge is 0.393 e. The zero-order valence-electron chi connectivity index (χ0n) is 7.77. The van der Waals surface area contributed by atoms with Gasteiger partial charge in [0.2, 0.25) is 0 Å². The lowest BCUT2D eigenvalue weighted by Gasteiger charge is -2.15. The summed E-state index contributed by atoms with van der Waals surface area (Å²) < 4.78 is 22.2. The first-order chi connectivity index (χ1) is 6.05. The fourth-order valence-corrected chi connectivity index (χ4v) is 3.95. The number of hydrogen-bond donors (Lipinski definition) is 1. The monoisotopic (exact) mass is 224 g/mol. The van der Waals surface area contributed by atoms with E-state index in [1.54, 1.807) is 11.8 Å². The van der Waals surface area contributed by atoms with Crippen LogP contribution in [0.2, 0.25) is 0 Å². The molecular formula is C8H16O3S2. The number of sulfone groups is 1. The van der Waals surface area contributed by atoms with Gasteiger partial charge in [-0.3, -0.25) is 0 Å². The maximum atomic E-state index is 11.1. The molecule has 0 aromatic heterocycles. The Kier molecular flexibility index (Phi) is 4.06. The van der Waals surface area contributed by atoms with Crippen molar-refractivity contribution in [3.05, 3.63) is 0 Å². The highest BCUT2D eigenvalue weighted by molar-refractivity contribution is 7.98. The molecule has 0 bridgehead atoms. The van der Waals surface area contributed by atoms with Gasteiger partial charge in [-0.05, 0) is 30.8 Å². The average molecular weight is 224 g/mol. The normalized spacial score (nSPS) is 28.9. The van der Waals surface area contributed by atoms with Gasteiger partial charge in [0.15, 0.2) is 9.84 Å². The number of aliphatic hydroxyl groups is 1. The number of rotatable bonds is 4. The summed E-state index contributed by atoms with van der Waals surface area (Å²) in [4.78, 5) is 0. The van der Waals surface area contributed by atoms with Crippen molar-refractivity contribution >= 4 is 21.6 Å². The molecule has 0 aromatic carbocycles. The van der Waals surface area contributed by atoms with Crippen LogP contribution in [-0.4, -0.2) is 43.1 Å². The summed E-state index contributed by atoms with van der Waals surface area (Å²) in [6.07, 6.45) is 2.90. The Labute approximate surface area is 83.8 Å². The van der Waals surface area contributed by atoms with Gasteiger partial charge >= 0.3 is 0 Å². The van der Waals surface area contributed by atoms with Crippen LogP contribution in [0.5, 0.6) is 0 Å². The Balaban J connectivity index is 2.37. The summed E-state index contributed by atoms with van der Waals surface area (Å²) in [5, 5.41) is 9.63. The minimum atomic E-state index is -2.83. The van der Waals surface area contributed by atoms with Gasteiger partial charge in [0.25, 0.3) is 0 Å². The fourth-order valence-electron chi connectivity index (χ4n) is 1.60. The van der Waals surface area contributed by atoms with Crippen LogP contribution in [0.4, 0.5) is 0 Å². The van der Waals surface area contributed by atoms with Crippen molar-refractivity contribution in [1.82, 2.24) is 0 Å². The van der Waals surface area contributed by atoms with E-state index in [1.807, 2.05) is 6.26 Å². The average Bonchev–Trinajstić information content (AvgIpc) is 2.42. The molecule has 1 fully saturated rings. The summed E-state index contributed by atoms with van der Waals surface area (Å²) in [6.45, 7) is 0. The van der Waals surface area contributed by atoms with Gasteiger partial charge in [-0.2, -0.15) is 11.8 Å². The van der Waals surface area contributed by atoms with Gasteiger partial charge in [0.1, 0.15) is 0 Å². The summed E-state index contributed by atoms with van der Waals surface area (Å²) >= 11 is 1.68. The summed E-state index contributed by atoms with van der Waals surface area (Å²) in [7, 11) is -2.83. The number of thioether (sulfide) groups is 1. The maximum absolute atomic E-state index is 11.1. The topological polar surface area (TPSA) is 54.4 Å². The van der Waals surface area contributed by atoms with Gasteiger partial charge in [-0.15, -0.1) is 0 Å². The molecule has 5 heteroatoms. The second-order valence-electron chi connectivity index (χ2n) is 3.51. The molecule has 1 rings (SSSR count). The SMILES string of the molecule is CSCCC(O)C1CCS(=O)(=O)C1. The van der Waals surface area contributed by atoms with E-state index in [9.17, 15) is 13.5 Å². The molecule has 0 amide bonds. The van der Waals surface area contributed by atoms with Crippen LogP contribution in [-0.2, 0) is 9.84 Å². The molecule has 1 aliphatic rings. The molecule has 1 aliphatic heterocycles. The molecule has 1 N–H and O–H groups in total. The first-order valence-electron chi connectivity index (χ1n) is 4.42. The third kappa shape index (κ3) is 3.48. The van der Waals surface area contributed by atoms with Gasteiger partial charge in [-0.1, -0.05) is 0 Å². The highest BCUT2D eigenvalue weighted by Crippen LogP contribution is 2.23. The fraction of sp³-hybridized carbons (Fsp3) is 1.00. The Morgan fingerprint density at radius 3 is 2.77 bits per heavy atom. The zero-order valence-corrected chi connectivity index (χ0v) is 9.40. The standard InChI is InChI=1S/C8H16O3S2/c1-12-4-2-8(9)7-3-5-13(10,11)6-7/h7-9H,2-6H2,1H3. The molecule has 2 atom stereocenters. The Morgan fingerprint density at radius 2 is 2.31 bits per heavy atom. The van der Waals surface area contributed by atoms with E-state index in [0.29, 0.717) is 12.8 Å². The van der Waals surface area contributed by atoms with Gasteiger partial charge in [0.05, 0.1) is 17.6 Å². The minimum absolute atomic E-state index is 0.0165. The summed E-state index contributed by atoms with van der Waals surface area (Å²) in [5.41, 5.74) is 0. The van der Waals surface area contributed by atoms with Crippen LogP contribution in [0.25, 0.3) is 0 Å². The van der Waals surface area contributed by atoms with Crippen LogP contribution in [0.3, 0.4) is 0 Å². The van der Waals surface area contributed by atoms with Gasteiger partial charge < -0.3 is 5.11 Å². The van der Waals surface area contributed by atoms with Gasteiger partial charge in [0, 0.05) is 0 Å². The van der Waals surface area contributed by atoms with Crippen molar-refractivity contribution in [3.63, 3.8) is 0 Å². The molecule has 0 saturated carbocycles. The van der Waals surface area contributed by atoms with E-state index >= 15 is 0 Å². The third-order valence-electron chi connectivity index (χ3n) is 2.43. The lowest BCUT2D eigenvalue weighted by atomic mass is 10.0. The first-order valence-corrected chi connectivity index (χ1v) is 7.64. The van der Waals surface area contributed by atoms with E-state index in [1.165, 1.54) is 0 Å². The van der Waals surface area contributed by atoms with Crippen molar-refractivity contribution in [2.75, 3.05) is 23.5 Å². The quantitative estimate of drug-likeness (QED) is 0.757.